The molecule has 0 aliphatic heterocycles. The van der Waals surface area contributed by atoms with Crippen LogP contribution in [0, 0.1) is 0 Å². The van der Waals surface area contributed by atoms with Crippen LogP contribution in [-0.2, 0) is 9.59 Å². The van der Waals surface area contributed by atoms with Gasteiger partial charge in [-0.25, -0.2) is 0 Å². The Kier molecular flexibility index (Phi) is 6.73. The van der Waals surface area contributed by atoms with Gasteiger partial charge in [0.2, 0.25) is 5.91 Å². The van der Waals surface area contributed by atoms with E-state index in [1.165, 1.54) is 0 Å². The van der Waals surface area contributed by atoms with E-state index >= 15 is 0 Å². The van der Waals surface area contributed by atoms with Crippen molar-refractivity contribution >= 4 is 11.9 Å². The SMILES string of the molecule is CCCC(NCC(=O)NC(C)c1ccccc1)C(=O)O. The summed E-state index contributed by atoms with van der Waals surface area (Å²) in [5, 5.41) is 14.6. The van der Waals surface area contributed by atoms with Crippen LogP contribution in [0.5, 0.6) is 0 Å². The quantitative estimate of drug-likeness (QED) is 0.676. The third-order valence-corrected chi connectivity index (χ3v) is 3.06. The molecule has 0 bridgehead atoms. The van der Waals surface area contributed by atoms with Gasteiger partial charge in [0.05, 0.1) is 12.6 Å². The lowest BCUT2D eigenvalue weighted by Crippen LogP contribution is -2.43. The van der Waals surface area contributed by atoms with Crippen LogP contribution in [0.3, 0.4) is 0 Å². The number of amides is 1. The second kappa shape index (κ2) is 8.32. The van der Waals surface area contributed by atoms with Crippen LogP contribution in [-0.4, -0.2) is 29.6 Å². The molecular formula is C15H22N2O3. The zero-order valence-corrected chi connectivity index (χ0v) is 11.9. The number of rotatable bonds is 8. The summed E-state index contributed by atoms with van der Waals surface area (Å²) in [6.45, 7) is 3.82. The van der Waals surface area contributed by atoms with Crippen molar-refractivity contribution in [1.29, 1.82) is 0 Å². The van der Waals surface area contributed by atoms with Crippen LogP contribution >= 0.6 is 0 Å². The number of carbonyl (C=O) groups excluding carboxylic acids is 1. The summed E-state index contributed by atoms with van der Waals surface area (Å²) in [7, 11) is 0. The second-order valence-electron chi connectivity index (χ2n) is 4.76. The Morgan fingerprint density at radius 2 is 1.90 bits per heavy atom. The highest BCUT2D eigenvalue weighted by atomic mass is 16.4. The fourth-order valence-electron chi connectivity index (χ4n) is 1.93. The monoisotopic (exact) mass is 278 g/mol. The first-order chi connectivity index (χ1) is 9.54. The molecule has 0 aromatic heterocycles. The first kappa shape index (κ1) is 16.2. The summed E-state index contributed by atoms with van der Waals surface area (Å²) < 4.78 is 0. The van der Waals surface area contributed by atoms with Crippen LogP contribution in [0.2, 0.25) is 0 Å². The molecule has 0 fully saturated rings. The van der Waals surface area contributed by atoms with Crippen LogP contribution in [0.4, 0.5) is 0 Å². The second-order valence-corrected chi connectivity index (χ2v) is 4.76. The van der Waals surface area contributed by atoms with Gasteiger partial charge in [-0.15, -0.1) is 0 Å². The first-order valence-corrected chi connectivity index (χ1v) is 6.85. The third kappa shape index (κ3) is 5.40. The maximum absolute atomic E-state index is 11.8. The number of carboxylic acids is 1. The minimum atomic E-state index is -0.921. The van der Waals surface area contributed by atoms with Gasteiger partial charge in [0.15, 0.2) is 0 Å². The maximum Gasteiger partial charge on any atom is 0.320 e. The number of aliphatic carboxylic acids is 1. The highest BCUT2D eigenvalue weighted by Gasteiger charge is 2.17. The maximum atomic E-state index is 11.8. The fraction of sp³-hybridized carbons (Fsp3) is 0.467. The molecular weight excluding hydrogens is 256 g/mol. The van der Waals surface area contributed by atoms with E-state index in [1.807, 2.05) is 44.2 Å². The molecule has 2 atom stereocenters. The first-order valence-electron chi connectivity index (χ1n) is 6.85. The van der Waals surface area contributed by atoms with Gasteiger partial charge in [0.1, 0.15) is 6.04 Å². The number of hydrogen-bond donors (Lipinski definition) is 3. The van der Waals surface area contributed by atoms with Crippen molar-refractivity contribution in [2.75, 3.05) is 6.54 Å². The minimum Gasteiger partial charge on any atom is -0.480 e. The summed E-state index contributed by atoms with van der Waals surface area (Å²) in [6, 6.07) is 8.86. The van der Waals surface area contributed by atoms with Crippen LogP contribution in [0.25, 0.3) is 0 Å². The molecule has 20 heavy (non-hydrogen) atoms. The van der Waals surface area contributed by atoms with Crippen molar-refractivity contribution in [3.63, 3.8) is 0 Å². The summed E-state index contributed by atoms with van der Waals surface area (Å²) in [5.74, 6) is -1.13. The fourth-order valence-corrected chi connectivity index (χ4v) is 1.93. The molecule has 1 amide bonds. The van der Waals surface area contributed by atoms with Crippen molar-refractivity contribution < 1.29 is 14.7 Å². The molecule has 5 nitrogen and oxygen atoms in total. The van der Waals surface area contributed by atoms with Gasteiger partial charge in [0.25, 0.3) is 0 Å². The van der Waals surface area contributed by atoms with Gasteiger partial charge in [-0.2, -0.15) is 0 Å². The lowest BCUT2D eigenvalue weighted by molar-refractivity contribution is -0.139. The Hall–Kier alpha value is -1.88. The minimum absolute atomic E-state index is 0.00808. The Morgan fingerprint density at radius 1 is 1.25 bits per heavy atom. The average Bonchev–Trinajstić information content (AvgIpc) is 2.44. The predicted octanol–water partition coefficient (Wildman–Crippen LogP) is 1.71. The molecule has 0 saturated carbocycles. The number of carboxylic acid groups (broad SMARTS) is 1. The van der Waals surface area contributed by atoms with E-state index in [9.17, 15) is 9.59 Å². The largest absolute Gasteiger partial charge is 0.480 e. The molecule has 3 N–H and O–H groups in total. The highest BCUT2D eigenvalue weighted by Crippen LogP contribution is 2.10. The molecule has 1 aromatic rings. The van der Waals surface area contributed by atoms with Crippen LogP contribution < -0.4 is 10.6 Å². The zero-order chi connectivity index (χ0) is 15.0. The van der Waals surface area contributed by atoms with Crippen molar-refractivity contribution in [3.05, 3.63) is 35.9 Å². The van der Waals surface area contributed by atoms with Crippen molar-refractivity contribution in [2.45, 2.75) is 38.8 Å². The molecule has 0 spiro atoms. The molecule has 1 aromatic carbocycles. The van der Waals surface area contributed by atoms with E-state index in [0.717, 1.165) is 12.0 Å². The lowest BCUT2D eigenvalue weighted by Gasteiger charge is -2.16. The molecule has 0 aliphatic carbocycles. The van der Waals surface area contributed by atoms with Crippen molar-refractivity contribution in [2.24, 2.45) is 0 Å². The topological polar surface area (TPSA) is 78.4 Å². The van der Waals surface area contributed by atoms with E-state index < -0.39 is 12.0 Å². The average molecular weight is 278 g/mol. The number of hydrogen-bond acceptors (Lipinski definition) is 3. The molecule has 5 heteroatoms. The molecule has 0 radical (unpaired) electrons. The number of benzene rings is 1. The van der Waals surface area contributed by atoms with Gasteiger partial charge in [0, 0.05) is 0 Å². The van der Waals surface area contributed by atoms with Crippen LogP contribution in [0.1, 0.15) is 38.3 Å². The van der Waals surface area contributed by atoms with E-state index in [-0.39, 0.29) is 18.5 Å². The van der Waals surface area contributed by atoms with E-state index in [2.05, 4.69) is 10.6 Å². The Balaban J connectivity index is 2.41. The van der Waals surface area contributed by atoms with Gasteiger partial charge in [-0.3, -0.25) is 14.9 Å². The molecule has 110 valence electrons. The molecule has 2 unspecified atom stereocenters. The Morgan fingerprint density at radius 3 is 2.45 bits per heavy atom. The van der Waals surface area contributed by atoms with Crippen LogP contribution in [0.15, 0.2) is 30.3 Å². The number of carbonyl (C=O) groups is 2. The summed E-state index contributed by atoms with van der Waals surface area (Å²) in [6.07, 6.45) is 1.27. The van der Waals surface area contributed by atoms with E-state index in [0.29, 0.717) is 6.42 Å². The van der Waals surface area contributed by atoms with Gasteiger partial charge in [-0.1, -0.05) is 43.7 Å². The van der Waals surface area contributed by atoms with E-state index in [4.69, 9.17) is 5.11 Å². The Labute approximate surface area is 119 Å². The van der Waals surface area contributed by atoms with Gasteiger partial charge >= 0.3 is 5.97 Å². The third-order valence-electron chi connectivity index (χ3n) is 3.06. The molecule has 1 rings (SSSR count). The number of nitrogens with one attached hydrogen (secondary N) is 2. The zero-order valence-electron chi connectivity index (χ0n) is 11.9. The smallest absolute Gasteiger partial charge is 0.320 e. The van der Waals surface area contributed by atoms with Gasteiger partial charge in [-0.05, 0) is 18.9 Å². The molecule has 0 saturated heterocycles. The summed E-state index contributed by atoms with van der Waals surface area (Å²) in [5.41, 5.74) is 1.02. The summed E-state index contributed by atoms with van der Waals surface area (Å²) >= 11 is 0. The molecule has 0 aliphatic rings. The molecule has 0 heterocycles. The van der Waals surface area contributed by atoms with E-state index in [1.54, 1.807) is 0 Å². The predicted molar refractivity (Wildman–Crippen MR) is 77.3 cm³/mol. The highest BCUT2D eigenvalue weighted by molar-refractivity contribution is 5.80. The lowest BCUT2D eigenvalue weighted by atomic mass is 10.1. The normalized spacial score (nSPS) is 13.5. The summed E-state index contributed by atoms with van der Waals surface area (Å²) in [4.78, 5) is 22.7. The van der Waals surface area contributed by atoms with Crippen molar-refractivity contribution in [1.82, 2.24) is 10.6 Å². The standard InChI is InChI=1S/C15H22N2O3/c1-3-7-13(15(19)20)16-10-14(18)17-11(2)12-8-5-4-6-9-12/h4-6,8-9,11,13,16H,3,7,10H2,1-2H3,(H,17,18)(H,19,20). The van der Waals surface area contributed by atoms with Gasteiger partial charge < -0.3 is 10.4 Å². The Bertz CT molecular complexity index is 434. The van der Waals surface area contributed by atoms with Crippen molar-refractivity contribution in [3.8, 4) is 0 Å².